The van der Waals surface area contributed by atoms with Gasteiger partial charge in [-0.2, -0.15) is 5.10 Å². The van der Waals surface area contributed by atoms with Crippen molar-refractivity contribution >= 4 is 18.1 Å². The van der Waals surface area contributed by atoms with Gasteiger partial charge in [0, 0.05) is 37.0 Å². The van der Waals surface area contributed by atoms with Crippen molar-refractivity contribution in [2.75, 3.05) is 6.54 Å². The highest BCUT2D eigenvalue weighted by Gasteiger charge is 2.29. The van der Waals surface area contributed by atoms with Crippen LogP contribution >= 0.6 is 12.2 Å². The van der Waals surface area contributed by atoms with Gasteiger partial charge in [0.15, 0.2) is 10.6 Å². The minimum absolute atomic E-state index is 0.144. The Bertz CT molecular complexity index is 659. The van der Waals surface area contributed by atoms with Gasteiger partial charge >= 0.3 is 0 Å². The second-order valence-corrected chi connectivity index (χ2v) is 5.19. The van der Waals surface area contributed by atoms with Crippen LogP contribution in [0, 0.1) is 10.7 Å². The first-order valence-corrected chi connectivity index (χ1v) is 7.00. The van der Waals surface area contributed by atoms with Crippen LogP contribution in [-0.2, 0) is 11.3 Å². The SMILES string of the molecule is O=C(NCCn1c(-c2ccncc2)n[nH]c1=S)C1CC1. The van der Waals surface area contributed by atoms with E-state index >= 15 is 0 Å². The predicted molar refractivity (Wildman–Crippen MR) is 76.4 cm³/mol. The molecule has 0 aliphatic heterocycles. The van der Waals surface area contributed by atoms with Crippen LogP contribution in [0.25, 0.3) is 11.4 Å². The molecule has 1 fully saturated rings. The Morgan fingerprint density at radius 2 is 2.20 bits per heavy atom. The number of carbonyl (C=O) groups is 1. The lowest BCUT2D eigenvalue weighted by atomic mass is 10.2. The summed E-state index contributed by atoms with van der Waals surface area (Å²) in [6.07, 6.45) is 5.46. The molecular formula is C13H15N5OS. The molecule has 2 aromatic rings. The van der Waals surface area contributed by atoms with Crippen molar-refractivity contribution in [3.05, 3.63) is 29.3 Å². The summed E-state index contributed by atoms with van der Waals surface area (Å²) < 4.78 is 2.44. The van der Waals surface area contributed by atoms with Crippen molar-refractivity contribution < 1.29 is 4.79 Å². The maximum Gasteiger partial charge on any atom is 0.223 e. The Labute approximate surface area is 121 Å². The van der Waals surface area contributed by atoms with Gasteiger partial charge in [-0.05, 0) is 37.2 Å². The van der Waals surface area contributed by atoms with Gasteiger partial charge in [-0.3, -0.25) is 19.4 Å². The maximum absolute atomic E-state index is 11.6. The molecule has 1 aliphatic carbocycles. The van der Waals surface area contributed by atoms with E-state index in [4.69, 9.17) is 12.2 Å². The molecular weight excluding hydrogens is 274 g/mol. The van der Waals surface area contributed by atoms with Crippen LogP contribution < -0.4 is 5.32 Å². The fourth-order valence-corrected chi connectivity index (χ4v) is 2.25. The zero-order chi connectivity index (χ0) is 13.9. The first-order chi connectivity index (χ1) is 9.75. The van der Waals surface area contributed by atoms with Gasteiger partial charge in [0.05, 0.1) is 0 Å². The molecule has 2 heterocycles. The average molecular weight is 289 g/mol. The number of hydrogen-bond acceptors (Lipinski definition) is 4. The van der Waals surface area contributed by atoms with Gasteiger partial charge in [0.1, 0.15) is 0 Å². The van der Waals surface area contributed by atoms with Gasteiger partial charge in [0.25, 0.3) is 0 Å². The molecule has 0 bridgehead atoms. The molecule has 0 spiro atoms. The number of aromatic amines is 1. The number of amides is 1. The second kappa shape index (κ2) is 5.54. The molecule has 0 unspecified atom stereocenters. The molecule has 7 heteroatoms. The van der Waals surface area contributed by atoms with E-state index in [2.05, 4.69) is 20.5 Å². The molecule has 0 aromatic carbocycles. The molecule has 1 amide bonds. The van der Waals surface area contributed by atoms with Crippen LogP contribution in [-0.4, -0.2) is 32.2 Å². The summed E-state index contributed by atoms with van der Waals surface area (Å²) in [7, 11) is 0. The molecule has 2 aromatic heterocycles. The lowest BCUT2D eigenvalue weighted by Crippen LogP contribution is -2.28. The molecule has 6 nitrogen and oxygen atoms in total. The van der Waals surface area contributed by atoms with E-state index in [1.807, 2.05) is 16.7 Å². The summed E-state index contributed by atoms with van der Waals surface area (Å²) in [6, 6.07) is 3.76. The lowest BCUT2D eigenvalue weighted by Gasteiger charge is -2.08. The minimum atomic E-state index is 0.144. The van der Waals surface area contributed by atoms with E-state index in [0.29, 0.717) is 17.9 Å². The monoisotopic (exact) mass is 289 g/mol. The third-order valence-corrected chi connectivity index (χ3v) is 3.59. The summed E-state index contributed by atoms with van der Waals surface area (Å²) in [5, 5.41) is 9.96. The summed E-state index contributed by atoms with van der Waals surface area (Å²) in [6.45, 7) is 1.16. The third kappa shape index (κ3) is 2.77. The first kappa shape index (κ1) is 13.0. The highest BCUT2D eigenvalue weighted by molar-refractivity contribution is 7.71. The van der Waals surface area contributed by atoms with Crippen LogP contribution in [0.3, 0.4) is 0 Å². The van der Waals surface area contributed by atoms with E-state index in [0.717, 1.165) is 24.2 Å². The van der Waals surface area contributed by atoms with Crippen LogP contribution in [0.2, 0.25) is 0 Å². The number of nitrogens with one attached hydrogen (secondary N) is 2. The standard InChI is InChI=1S/C13H15N5OS/c19-12(10-1-2-10)15-7-8-18-11(16-17-13(18)20)9-3-5-14-6-4-9/h3-6,10H,1-2,7-8H2,(H,15,19)(H,17,20). The Hall–Kier alpha value is -2.02. The molecule has 1 aliphatic rings. The fourth-order valence-electron chi connectivity index (χ4n) is 2.03. The minimum Gasteiger partial charge on any atom is -0.354 e. The van der Waals surface area contributed by atoms with Crippen LogP contribution in [0.1, 0.15) is 12.8 Å². The number of carbonyl (C=O) groups excluding carboxylic acids is 1. The normalized spacial score (nSPS) is 14.2. The van der Waals surface area contributed by atoms with Crippen molar-refractivity contribution in [2.24, 2.45) is 5.92 Å². The number of nitrogens with zero attached hydrogens (tertiary/aromatic N) is 3. The number of rotatable bonds is 5. The zero-order valence-electron chi connectivity index (χ0n) is 10.9. The van der Waals surface area contributed by atoms with E-state index in [1.54, 1.807) is 12.4 Å². The number of hydrogen-bond donors (Lipinski definition) is 2. The summed E-state index contributed by atoms with van der Waals surface area (Å²) in [4.78, 5) is 15.6. The van der Waals surface area contributed by atoms with Crippen molar-refractivity contribution in [1.82, 2.24) is 25.1 Å². The number of pyridine rings is 1. The Morgan fingerprint density at radius 1 is 1.45 bits per heavy atom. The topological polar surface area (TPSA) is 75.6 Å². The summed E-state index contributed by atoms with van der Waals surface area (Å²) >= 11 is 5.23. The molecule has 104 valence electrons. The van der Waals surface area contributed by atoms with Gasteiger partial charge in [-0.25, -0.2) is 0 Å². The van der Waals surface area contributed by atoms with Crippen LogP contribution in [0.4, 0.5) is 0 Å². The van der Waals surface area contributed by atoms with Crippen molar-refractivity contribution in [3.8, 4) is 11.4 Å². The molecule has 3 rings (SSSR count). The van der Waals surface area contributed by atoms with Gasteiger partial charge in [-0.15, -0.1) is 0 Å². The zero-order valence-corrected chi connectivity index (χ0v) is 11.7. The van der Waals surface area contributed by atoms with Crippen LogP contribution in [0.5, 0.6) is 0 Å². The van der Waals surface area contributed by atoms with Gasteiger partial charge in [-0.1, -0.05) is 0 Å². The predicted octanol–water partition coefficient (Wildman–Crippen LogP) is 1.53. The Kier molecular flexibility index (Phi) is 3.60. The molecule has 1 saturated carbocycles. The smallest absolute Gasteiger partial charge is 0.223 e. The summed E-state index contributed by atoms with van der Waals surface area (Å²) in [5.41, 5.74) is 0.945. The second-order valence-electron chi connectivity index (χ2n) is 4.81. The molecule has 20 heavy (non-hydrogen) atoms. The Morgan fingerprint density at radius 3 is 2.90 bits per heavy atom. The fraction of sp³-hybridized carbons (Fsp3) is 0.385. The van der Waals surface area contributed by atoms with Gasteiger partial charge in [0.2, 0.25) is 5.91 Å². The molecule has 0 saturated heterocycles. The van der Waals surface area contributed by atoms with E-state index < -0.39 is 0 Å². The van der Waals surface area contributed by atoms with Gasteiger partial charge < -0.3 is 5.32 Å². The van der Waals surface area contributed by atoms with E-state index in [-0.39, 0.29) is 11.8 Å². The highest BCUT2D eigenvalue weighted by atomic mass is 32.1. The highest BCUT2D eigenvalue weighted by Crippen LogP contribution is 2.28. The lowest BCUT2D eigenvalue weighted by molar-refractivity contribution is -0.122. The van der Waals surface area contributed by atoms with E-state index in [9.17, 15) is 4.79 Å². The Balaban J connectivity index is 1.71. The van der Waals surface area contributed by atoms with E-state index in [1.165, 1.54) is 0 Å². The molecule has 0 atom stereocenters. The molecule has 2 N–H and O–H groups in total. The quantitative estimate of drug-likeness (QED) is 0.819. The maximum atomic E-state index is 11.6. The average Bonchev–Trinajstić information content (AvgIpc) is 3.26. The largest absolute Gasteiger partial charge is 0.354 e. The first-order valence-electron chi connectivity index (χ1n) is 6.59. The summed E-state index contributed by atoms with van der Waals surface area (Å²) in [5.74, 6) is 1.13. The van der Waals surface area contributed by atoms with Crippen molar-refractivity contribution in [1.29, 1.82) is 0 Å². The van der Waals surface area contributed by atoms with Crippen molar-refractivity contribution in [3.63, 3.8) is 0 Å². The van der Waals surface area contributed by atoms with Crippen molar-refractivity contribution in [2.45, 2.75) is 19.4 Å². The number of H-pyrrole nitrogens is 1. The molecule has 0 radical (unpaired) electrons. The number of aromatic nitrogens is 4. The third-order valence-electron chi connectivity index (χ3n) is 3.28. The van der Waals surface area contributed by atoms with Crippen LogP contribution in [0.15, 0.2) is 24.5 Å².